The third-order valence-corrected chi connectivity index (χ3v) is 2.80. The van der Waals surface area contributed by atoms with Gasteiger partial charge in [0, 0.05) is 12.1 Å². The van der Waals surface area contributed by atoms with Crippen LogP contribution < -0.4 is 5.32 Å². The first-order chi connectivity index (χ1) is 8.72. The van der Waals surface area contributed by atoms with E-state index in [1.54, 1.807) is 6.07 Å². The Morgan fingerprint density at radius 3 is 3.00 bits per heavy atom. The van der Waals surface area contributed by atoms with E-state index in [0.29, 0.717) is 12.3 Å². The van der Waals surface area contributed by atoms with Gasteiger partial charge in [0.2, 0.25) is 0 Å². The second-order valence-corrected chi connectivity index (χ2v) is 4.26. The van der Waals surface area contributed by atoms with E-state index in [1.807, 2.05) is 6.92 Å². The lowest BCUT2D eigenvalue weighted by Gasteiger charge is -2.06. The minimum absolute atomic E-state index is 0.264. The van der Waals surface area contributed by atoms with Crippen LogP contribution in [-0.4, -0.2) is 11.5 Å². The lowest BCUT2D eigenvalue weighted by Crippen LogP contribution is -2.14. The molecule has 18 heavy (non-hydrogen) atoms. The molecule has 4 heteroatoms. The first-order valence-electron chi connectivity index (χ1n) is 6.12. The lowest BCUT2D eigenvalue weighted by atomic mass is 10.0. The Hall–Kier alpha value is -1.68. The number of halogens is 1. The van der Waals surface area contributed by atoms with E-state index in [9.17, 15) is 4.39 Å². The van der Waals surface area contributed by atoms with Gasteiger partial charge in [0.1, 0.15) is 11.5 Å². The van der Waals surface area contributed by atoms with Crippen LogP contribution in [0.15, 0.2) is 29.0 Å². The third-order valence-electron chi connectivity index (χ3n) is 2.80. The van der Waals surface area contributed by atoms with Crippen LogP contribution in [0.4, 0.5) is 4.39 Å². The van der Waals surface area contributed by atoms with Gasteiger partial charge in [-0.25, -0.2) is 9.37 Å². The van der Waals surface area contributed by atoms with Crippen molar-refractivity contribution in [2.24, 2.45) is 0 Å². The lowest BCUT2D eigenvalue weighted by molar-refractivity contribution is 0.567. The van der Waals surface area contributed by atoms with E-state index in [0.717, 1.165) is 29.8 Å². The van der Waals surface area contributed by atoms with Crippen LogP contribution in [-0.2, 0) is 6.54 Å². The molecule has 2 aromatic rings. The molecule has 0 unspecified atom stereocenters. The van der Waals surface area contributed by atoms with Gasteiger partial charge >= 0.3 is 0 Å². The highest BCUT2D eigenvalue weighted by Gasteiger charge is 2.13. The summed E-state index contributed by atoms with van der Waals surface area (Å²) in [5, 5.41) is 3.27. The van der Waals surface area contributed by atoms with Gasteiger partial charge in [-0.15, -0.1) is 0 Å². The van der Waals surface area contributed by atoms with Gasteiger partial charge in [-0.05, 0) is 37.6 Å². The van der Waals surface area contributed by atoms with Crippen LogP contribution in [0.3, 0.4) is 0 Å². The van der Waals surface area contributed by atoms with Crippen LogP contribution in [0.2, 0.25) is 0 Å². The SMILES string of the molecule is CCCNCc1ncoc1-c1cc(F)ccc1C. The average molecular weight is 248 g/mol. The van der Waals surface area contributed by atoms with Gasteiger partial charge < -0.3 is 9.73 Å². The van der Waals surface area contributed by atoms with Gasteiger partial charge in [0.05, 0.1) is 0 Å². The molecule has 1 N–H and O–H groups in total. The quantitative estimate of drug-likeness (QED) is 0.825. The molecule has 1 aromatic heterocycles. The molecular formula is C14H17FN2O. The maximum atomic E-state index is 13.3. The van der Waals surface area contributed by atoms with Gasteiger partial charge in [-0.3, -0.25) is 0 Å². The van der Waals surface area contributed by atoms with Gasteiger partial charge in [0.25, 0.3) is 0 Å². The van der Waals surface area contributed by atoms with E-state index in [-0.39, 0.29) is 5.82 Å². The monoisotopic (exact) mass is 248 g/mol. The molecule has 0 aliphatic rings. The Labute approximate surface area is 106 Å². The number of aryl methyl sites for hydroxylation is 1. The highest BCUT2D eigenvalue weighted by atomic mass is 19.1. The van der Waals surface area contributed by atoms with Crippen molar-refractivity contribution in [3.05, 3.63) is 41.7 Å². The largest absolute Gasteiger partial charge is 0.443 e. The van der Waals surface area contributed by atoms with Crippen LogP contribution in [0.25, 0.3) is 11.3 Å². The predicted molar refractivity (Wildman–Crippen MR) is 68.6 cm³/mol. The molecular weight excluding hydrogens is 231 g/mol. The highest BCUT2D eigenvalue weighted by molar-refractivity contribution is 5.63. The predicted octanol–water partition coefficient (Wildman–Crippen LogP) is 3.29. The van der Waals surface area contributed by atoms with Crippen molar-refractivity contribution in [3.8, 4) is 11.3 Å². The number of oxazole rings is 1. The number of hydrogen-bond acceptors (Lipinski definition) is 3. The zero-order valence-corrected chi connectivity index (χ0v) is 10.7. The molecule has 0 fully saturated rings. The molecule has 0 aliphatic carbocycles. The molecule has 0 saturated heterocycles. The van der Waals surface area contributed by atoms with Crippen LogP contribution in [0.5, 0.6) is 0 Å². The number of rotatable bonds is 5. The van der Waals surface area contributed by atoms with E-state index in [2.05, 4.69) is 17.2 Å². The summed E-state index contributed by atoms with van der Waals surface area (Å²) in [5.41, 5.74) is 2.56. The normalized spacial score (nSPS) is 10.8. The molecule has 0 amide bonds. The first kappa shape index (κ1) is 12.8. The smallest absolute Gasteiger partial charge is 0.181 e. The van der Waals surface area contributed by atoms with Gasteiger partial charge in [0.15, 0.2) is 12.2 Å². The van der Waals surface area contributed by atoms with E-state index in [1.165, 1.54) is 18.5 Å². The summed E-state index contributed by atoms with van der Waals surface area (Å²) in [6.45, 7) is 5.60. The number of benzene rings is 1. The molecule has 0 bridgehead atoms. The molecule has 96 valence electrons. The first-order valence-corrected chi connectivity index (χ1v) is 6.12. The van der Waals surface area contributed by atoms with Crippen molar-refractivity contribution < 1.29 is 8.81 Å². The molecule has 0 spiro atoms. The Kier molecular flexibility index (Phi) is 4.10. The molecule has 0 atom stereocenters. The fourth-order valence-corrected chi connectivity index (χ4v) is 1.84. The summed E-state index contributed by atoms with van der Waals surface area (Å²) in [5.74, 6) is 0.384. The summed E-state index contributed by atoms with van der Waals surface area (Å²) in [4.78, 5) is 4.18. The maximum Gasteiger partial charge on any atom is 0.181 e. The highest BCUT2D eigenvalue weighted by Crippen LogP contribution is 2.27. The Morgan fingerprint density at radius 2 is 2.22 bits per heavy atom. The maximum absolute atomic E-state index is 13.3. The molecule has 0 saturated carbocycles. The number of aromatic nitrogens is 1. The van der Waals surface area contributed by atoms with Crippen molar-refractivity contribution >= 4 is 0 Å². The second-order valence-electron chi connectivity index (χ2n) is 4.26. The summed E-state index contributed by atoms with van der Waals surface area (Å²) < 4.78 is 18.7. The molecule has 3 nitrogen and oxygen atoms in total. The minimum atomic E-state index is -0.264. The summed E-state index contributed by atoms with van der Waals surface area (Å²) >= 11 is 0. The van der Waals surface area contributed by atoms with Crippen LogP contribution >= 0.6 is 0 Å². The zero-order chi connectivity index (χ0) is 13.0. The topological polar surface area (TPSA) is 38.1 Å². The zero-order valence-electron chi connectivity index (χ0n) is 10.7. The van der Waals surface area contributed by atoms with Crippen LogP contribution in [0, 0.1) is 12.7 Å². The van der Waals surface area contributed by atoms with E-state index < -0.39 is 0 Å². The Bertz CT molecular complexity index is 522. The molecule has 0 aliphatic heterocycles. The number of nitrogens with one attached hydrogen (secondary N) is 1. The fraction of sp³-hybridized carbons (Fsp3) is 0.357. The Balaban J connectivity index is 2.27. The average Bonchev–Trinajstić information content (AvgIpc) is 2.81. The van der Waals surface area contributed by atoms with Crippen molar-refractivity contribution in [1.29, 1.82) is 0 Å². The van der Waals surface area contributed by atoms with Gasteiger partial charge in [-0.1, -0.05) is 13.0 Å². The van der Waals surface area contributed by atoms with E-state index >= 15 is 0 Å². The van der Waals surface area contributed by atoms with Crippen molar-refractivity contribution in [2.75, 3.05) is 6.54 Å². The summed E-state index contributed by atoms with van der Waals surface area (Å²) in [7, 11) is 0. The van der Waals surface area contributed by atoms with E-state index in [4.69, 9.17) is 4.42 Å². The van der Waals surface area contributed by atoms with Crippen molar-refractivity contribution in [3.63, 3.8) is 0 Å². The fourth-order valence-electron chi connectivity index (χ4n) is 1.84. The minimum Gasteiger partial charge on any atom is -0.443 e. The van der Waals surface area contributed by atoms with Crippen molar-refractivity contribution in [1.82, 2.24) is 10.3 Å². The molecule has 0 radical (unpaired) electrons. The molecule has 1 aromatic carbocycles. The Morgan fingerprint density at radius 1 is 1.39 bits per heavy atom. The van der Waals surface area contributed by atoms with Gasteiger partial charge in [-0.2, -0.15) is 0 Å². The summed E-state index contributed by atoms with van der Waals surface area (Å²) in [6, 6.07) is 4.68. The third kappa shape index (κ3) is 2.76. The molecule has 2 rings (SSSR count). The standard InChI is InChI=1S/C14H17FN2O/c1-3-6-16-8-13-14(18-9-17-13)12-7-11(15)5-4-10(12)2/h4-5,7,9,16H,3,6,8H2,1-2H3. The number of nitrogens with zero attached hydrogens (tertiary/aromatic N) is 1. The number of hydrogen-bond donors (Lipinski definition) is 1. The van der Waals surface area contributed by atoms with Crippen LogP contribution in [0.1, 0.15) is 24.6 Å². The summed E-state index contributed by atoms with van der Waals surface area (Å²) in [6.07, 6.45) is 2.47. The second kappa shape index (κ2) is 5.78. The molecule has 1 heterocycles. The van der Waals surface area contributed by atoms with Crippen molar-refractivity contribution in [2.45, 2.75) is 26.8 Å².